The van der Waals surface area contributed by atoms with Gasteiger partial charge in [-0.25, -0.2) is 0 Å². The number of hydrogen-bond acceptors (Lipinski definition) is 4. The first-order valence-electron chi connectivity index (χ1n) is 11.2. The van der Waals surface area contributed by atoms with Gasteiger partial charge in [0.1, 0.15) is 12.7 Å². The van der Waals surface area contributed by atoms with Crippen LogP contribution in [0.15, 0.2) is 67.4 Å². The van der Waals surface area contributed by atoms with Crippen LogP contribution in [0.25, 0.3) is 16.6 Å². The average Bonchev–Trinajstić information content (AvgIpc) is 3.54. The highest BCUT2D eigenvalue weighted by molar-refractivity contribution is 5.85. The van der Waals surface area contributed by atoms with E-state index in [0.717, 1.165) is 31.7 Å². The van der Waals surface area contributed by atoms with Crippen LogP contribution in [-0.2, 0) is 13.0 Å². The minimum Gasteiger partial charge on any atom is -0.361 e. The second-order valence-corrected chi connectivity index (χ2v) is 8.68. The Morgan fingerprint density at radius 2 is 1.94 bits per heavy atom. The van der Waals surface area contributed by atoms with Crippen LogP contribution in [0.1, 0.15) is 24.0 Å². The summed E-state index contributed by atoms with van der Waals surface area (Å²) >= 11 is 0. The lowest BCUT2D eigenvalue weighted by Crippen LogP contribution is -2.39. The summed E-state index contributed by atoms with van der Waals surface area (Å²) in [5.74, 6) is 0. The van der Waals surface area contributed by atoms with Crippen LogP contribution in [0.5, 0.6) is 0 Å². The molecule has 2 aromatic heterocycles. The van der Waals surface area contributed by atoms with Crippen LogP contribution in [0.2, 0.25) is 0 Å². The highest BCUT2D eigenvalue weighted by Crippen LogP contribution is 2.24. The highest BCUT2D eigenvalue weighted by Gasteiger charge is 2.25. The molecule has 1 aliphatic heterocycles. The molecule has 1 atom stereocenters. The zero-order valence-corrected chi connectivity index (χ0v) is 18.1. The van der Waals surface area contributed by atoms with E-state index >= 15 is 0 Å². The lowest BCUT2D eigenvalue weighted by atomic mass is 10.1. The van der Waals surface area contributed by atoms with Gasteiger partial charge in [0.25, 0.3) is 0 Å². The molecular formula is C25H30N6. The van der Waals surface area contributed by atoms with Crippen LogP contribution < -0.4 is 0 Å². The SMILES string of the molecule is CN(Cc1ccccc1)C[C@@H]1CCCN1CCc1c[nH]c2ccc(-n3cnnc3)cc12. The Labute approximate surface area is 183 Å². The van der Waals surface area contributed by atoms with Crippen molar-refractivity contribution in [1.29, 1.82) is 0 Å². The van der Waals surface area contributed by atoms with E-state index in [1.807, 2.05) is 4.57 Å². The summed E-state index contributed by atoms with van der Waals surface area (Å²) in [5.41, 5.74) is 5.05. The second-order valence-electron chi connectivity index (χ2n) is 8.68. The predicted molar refractivity (Wildman–Crippen MR) is 124 cm³/mol. The molecule has 0 unspecified atom stereocenters. The zero-order chi connectivity index (χ0) is 21.0. The van der Waals surface area contributed by atoms with Gasteiger partial charge >= 0.3 is 0 Å². The van der Waals surface area contributed by atoms with Crippen LogP contribution in [0.4, 0.5) is 0 Å². The summed E-state index contributed by atoms with van der Waals surface area (Å²) in [5, 5.41) is 9.15. The second kappa shape index (κ2) is 9.04. The Morgan fingerprint density at radius 3 is 2.77 bits per heavy atom. The molecular weight excluding hydrogens is 384 g/mol. The van der Waals surface area contributed by atoms with Crippen molar-refractivity contribution in [2.45, 2.75) is 31.8 Å². The van der Waals surface area contributed by atoms with Crippen LogP contribution in [-0.4, -0.2) is 62.3 Å². The van der Waals surface area contributed by atoms with Gasteiger partial charge in [0.15, 0.2) is 0 Å². The number of nitrogens with zero attached hydrogens (tertiary/aromatic N) is 5. The summed E-state index contributed by atoms with van der Waals surface area (Å²) in [4.78, 5) is 8.59. The van der Waals surface area contributed by atoms with Gasteiger partial charge in [-0.2, -0.15) is 0 Å². The standard InChI is InChI=1S/C25H30N6/c1-29(16-20-6-3-2-4-7-20)17-23-8-5-12-30(23)13-11-21-15-26-25-10-9-22(14-24(21)25)31-18-27-28-19-31/h2-4,6-7,9-10,14-15,18-19,23,26H,5,8,11-13,16-17H2,1H3/t23-/m0/s1. The van der Waals surface area contributed by atoms with Gasteiger partial charge in [0.05, 0.1) is 0 Å². The molecule has 3 heterocycles. The Hall–Kier alpha value is -2.96. The average molecular weight is 415 g/mol. The summed E-state index contributed by atoms with van der Waals surface area (Å²) in [6.07, 6.45) is 9.32. The Balaban J connectivity index is 1.23. The van der Waals surface area contributed by atoms with Gasteiger partial charge < -0.3 is 9.88 Å². The number of likely N-dealkylation sites (tertiary alicyclic amines) is 1. The van der Waals surface area contributed by atoms with Crippen LogP contribution in [0, 0.1) is 0 Å². The molecule has 6 heteroatoms. The number of benzene rings is 2. The van der Waals surface area contributed by atoms with Crippen molar-refractivity contribution in [2.75, 3.05) is 26.7 Å². The maximum atomic E-state index is 3.93. The number of hydrogen-bond donors (Lipinski definition) is 1. The van der Waals surface area contributed by atoms with E-state index in [4.69, 9.17) is 0 Å². The van der Waals surface area contributed by atoms with Gasteiger partial charge in [0.2, 0.25) is 0 Å². The molecule has 6 nitrogen and oxygen atoms in total. The quantitative estimate of drug-likeness (QED) is 0.475. The van der Waals surface area contributed by atoms with Gasteiger partial charge in [-0.05, 0) is 62.2 Å². The third kappa shape index (κ3) is 4.55. The normalized spacial score (nSPS) is 17.2. The Kier molecular flexibility index (Phi) is 5.82. The van der Waals surface area contributed by atoms with E-state index in [1.165, 1.54) is 41.4 Å². The first-order valence-corrected chi connectivity index (χ1v) is 11.2. The Bertz CT molecular complexity index is 1100. The molecule has 4 aromatic rings. The molecule has 1 saturated heterocycles. The molecule has 1 N–H and O–H groups in total. The van der Waals surface area contributed by atoms with Crippen LogP contribution >= 0.6 is 0 Å². The van der Waals surface area contributed by atoms with Crippen molar-refractivity contribution < 1.29 is 0 Å². The molecule has 0 amide bonds. The predicted octanol–water partition coefficient (Wildman–Crippen LogP) is 3.89. The van der Waals surface area contributed by atoms with Gasteiger partial charge in [-0.1, -0.05) is 30.3 Å². The molecule has 0 radical (unpaired) electrons. The van der Waals surface area contributed by atoms with E-state index in [9.17, 15) is 0 Å². The van der Waals surface area contributed by atoms with Crippen molar-refractivity contribution in [1.82, 2.24) is 29.5 Å². The van der Waals surface area contributed by atoms with Crippen molar-refractivity contribution in [3.05, 3.63) is 78.5 Å². The van der Waals surface area contributed by atoms with E-state index in [1.54, 1.807) is 12.7 Å². The molecule has 0 bridgehead atoms. The first kappa shape index (κ1) is 20.0. The summed E-state index contributed by atoms with van der Waals surface area (Å²) < 4.78 is 1.95. The molecule has 1 fully saturated rings. The molecule has 1 aliphatic rings. The molecule has 160 valence electrons. The third-order valence-corrected chi connectivity index (χ3v) is 6.45. The smallest absolute Gasteiger partial charge is 0.123 e. The third-order valence-electron chi connectivity index (χ3n) is 6.45. The minimum absolute atomic E-state index is 0.645. The van der Waals surface area contributed by atoms with Gasteiger partial charge in [-0.15, -0.1) is 10.2 Å². The fourth-order valence-electron chi connectivity index (χ4n) is 4.85. The zero-order valence-electron chi connectivity index (χ0n) is 18.1. The summed E-state index contributed by atoms with van der Waals surface area (Å²) in [6.45, 7) is 4.45. The van der Waals surface area contributed by atoms with Crippen molar-refractivity contribution in [3.8, 4) is 5.69 Å². The van der Waals surface area contributed by atoms with E-state index in [0.29, 0.717) is 6.04 Å². The van der Waals surface area contributed by atoms with Crippen molar-refractivity contribution in [2.24, 2.45) is 0 Å². The van der Waals surface area contributed by atoms with Gasteiger partial charge in [0, 0.05) is 48.5 Å². The number of aromatic amines is 1. The maximum Gasteiger partial charge on any atom is 0.123 e. The number of nitrogens with one attached hydrogen (secondary N) is 1. The van der Waals surface area contributed by atoms with E-state index in [2.05, 4.69) is 86.8 Å². The Morgan fingerprint density at radius 1 is 1.10 bits per heavy atom. The number of H-pyrrole nitrogens is 1. The summed E-state index contributed by atoms with van der Waals surface area (Å²) in [6, 6.07) is 17.9. The largest absolute Gasteiger partial charge is 0.361 e. The monoisotopic (exact) mass is 414 g/mol. The summed E-state index contributed by atoms with van der Waals surface area (Å²) in [7, 11) is 2.25. The molecule has 5 rings (SSSR count). The van der Waals surface area contributed by atoms with Gasteiger partial charge in [-0.3, -0.25) is 9.47 Å². The fourth-order valence-corrected chi connectivity index (χ4v) is 4.85. The molecule has 0 spiro atoms. The topological polar surface area (TPSA) is 53.0 Å². The maximum absolute atomic E-state index is 3.93. The first-order chi connectivity index (χ1) is 15.3. The number of rotatable bonds is 8. The van der Waals surface area contributed by atoms with E-state index < -0.39 is 0 Å². The number of likely N-dealkylation sites (N-methyl/N-ethyl adjacent to an activating group) is 1. The highest BCUT2D eigenvalue weighted by atomic mass is 15.2. The molecule has 0 aliphatic carbocycles. The van der Waals surface area contributed by atoms with E-state index in [-0.39, 0.29) is 0 Å². The minimum atomic E-state index is 0.645. The van der Waals surface area contributed by atoms with Crippen molar-refractivity contribution in [3.63, 3.8) is 0 Å². The molecule has 31 heavy (non-hydrogen) atoms. The molecule has 2 aromatic carbocycles. The lowest BCUT2D eigenvalue weighted by molar-refractivity contribution is 0.189. The number of aromatic nitrogens is 4. The fraction of sp³-hybridized carbons (Fsp3) is 0.360. The molecule has 0 saturated carbocycles. The number of fused-ring (bicyclic) bond motifs is 1. The van der Waals surface area contributed by atoms with Crippen molar-refractivity contribution >= 4 is 10.9 Å². The van der Waals surface area contributed by atoms with Crippen LogP contribution in [0.3, 0.4) is 0 Å². The lowest BCUT2D eigenvalue weighted by Gasteiger charge is -2.28.